The number of oxazole rings is 1. The van der Waals surface area contributed by atoms with Crippen molar-refractivity contribution in [3.05, 3.63) is 54.0 Å². The van der Waals surface area contributed by atoms with Crippen LogP contribution < -0.4 is 5.32 Å². The monoisotopic (exact) mass is 341 g/mol. The first-order chi connectivity index (χ1) is 12.2. The maximum absolute atomic E-state index is 12.3. The van der Waals surface area contributed by atoms with Crippen LogP contribution in [0.5, 0.6) is 0 Å². The molecular weight excluding hydrogens is 322 g/mol. The number of fused-ring (bicyclic) bond motifs is 1. The molecular formula is C17H19N5O3. The van der Waals surface area contributed by atoms with Gasteiger partial charge in [0, 0.05) is 31.4 Å². The lowest BCUT2D eigenvalue weighted by molar-refractivity contribution is 0.0946. The Morgan fingerprint density at radius 3 is 3.20 bits per heavy atom. The smallest absolute Gasteiger partial charge is 0.273 e. The molecule has 0 radical (unpaired) electrons. The molecule has 1 aliphatic heterocycles. The quantitative estimate of drug-likeness (QED) is 0.713. The van der Waals surface area contributed by atoms with E-state index in [4.69, 9.17) is 4.42 Å². The second-order valence-electron chi connectivity index (χ2n) is 6.19. The number of hydrogen-bond donors (Lipinski definition) is 2. The van der Waals surface area contributed by atoms with E-state index in [2.05, 4.69) is 20.3 Å². The number of rotatable bonds is 5. The topological polar surface area (TPSA) is 95.9 Å². The molecule has 0 saturated carbocycles. The molecule has 0 aromatic carbocycles. The van der Waals surface area contributed by atoms with Crippen molar-refractivity contribution in [3.8, 4) is 0 Å². The molecule has 25 heavy (non-hydrogen) atoms. The number of likely N-dealkylation sites (tertiary alicyclic amines) is 1. The molecule has 1 unspecified atom stereocenters. The highest BCUT2D eigenvalue weighted by Crippen LogP contribution is 2.14. The lowest BCUT2D eigenvalue weighted by Gasteiger charge is -2.11. The lowest BCUT2D eigenvalue weighted by Crippen LogP contribution is -2.24. The molecule has 1 fully saturated rings. The average Bonchev–Trinajstić information content (AvgIpc) is 3.33. The first-order valence-corrected chi connectivity index (χ1v) is 8.23. The van der Waals surface area contributed by atoms with E-state index in [1.807, 2.05) is 24.4 Å². The molecule has 4 rings (SSSR count). The molecule has 8 nitrogen and oxygen atoms in total. The Morgan fingerprint density at radius 1 is 1.44 bits per heavy atom. The second-order valence-corrected chi connectivity index (χ2v) is 6.19. The van der Waals surface area contributed by atoms with Crippen molar-refractivity contribution in [2.75, 3.05) is 13.1 Å². The minimum atomic E-state index is -0.288. The third-order valence-corrected chi connectivity index (χ3v) is 4.34. The summed E-state index contributed by atoms with van der Waals surface area (Å²) < 4.78 is 7.14. The Morgan fingerprint density at radius 2 is 2.36 bits per heavy atom. The highest BCUT2D eigenvalue weighted by Gasteiger charge is 2.22. The number of carbonyl (C=O) groups excluding carboxylic acids is 1. The van der Waals surface area contributed by atoms with Crippen molar-refractivity contribution in [2.45, 2.75) is 25.6 Å². The maximum Gasteiger partial charge on any atom is 0.273 e. The SMILES string of the molecule is O=C(NCc1cnn2ccccc12)c1coc(CN2CCC(O)C2)n1. The zero-order valence-corrected chi connectivity index (χ0v) is 13.6. The molecule has 1 atom stereocenters. The van der Waals surface area contributed by atoms with Crippen LogP contribution in [0.4, 0.5) is 0 Å². The molecule has 1 aliphatic rings. The summed E-state index contributed by atoms with van der Waals surface area (Å²) in [5, 5.41) is 16.6. The van der Waals surface area contributed by atoms with Gasteiger partial charge in [-0.2, -0.15) is 5.10 Å². The molecule has 1 amide bonds. The molecule has 3 aromatic heterocycles. The molecule has 2 N–H and O–H groups in total. The van der Waals surface area contributed by atoms with Crippen LogP contribution in [0.25, 0.3) is 5.52 Å². The number of aliphatic hydroxyl groups excluding tert-OH is 1. The Kier molecular flexibility index (Phi) is 4.21. The van der Waals surface area contributed by atoms with Crippen LogP contribution >= 0.6 is 0 Å². The van der Waals surface area contributed by atoms with Gasteiger partial charge in [-0.3, -0.25) is 9.69 Å². The molecule has 0 bridgehead atoms. The number of nitrogens with zero attached hydrogens (tertiary/aromatic N) is 4. The molecule has 4 heterocycles. The first-order valence-electron chi connectivity index (χ1n) is 8.23. The number of aliphatic hydroxyl groups is 1. The second kappa shape index (κ2) is 6.66. The Bertz CT molecular complexity index is 887. The largest absolute Gasteiger partial charge is 0.447 e. The maximum atomic E-state index is 12.3. The van der Waals surface area contributed by atoms with Gasteiger partial charge in [0.25, 0.3) is 5.91 Å². The predicted octanol–water partition coefficient (Wildman–Crippen LogP) is 0.819. The third-order valence-electron chi connectivity index (χ3n) is 4.34. The zero-order valence-electron chi connectivity index (χ0n) is 13.6. The minimum Gasteiger partial charge on any atom is -0.447 e. The van der Waals surface area contributed by atoms with Crippen molar-refractivity contribution in [1.29, 1.82) is 0 Å². The zero-order chi connectivity index (χ0) is 17.2. The first kappa shape index (κ1) is 15.8. The molecule has 1 saturated heterocycles. The number of aromatic nitrogens is 3. The van der Waals surface area contributed by atoms with Crippen LogP contribution in [-0.4, -0.2) is 49.7 Å². The average molecular weight is 341 g/mol. The van der Waals surface area contributed by atoms with Gasteiger partial charge < -0.3 is 14.8 Å². The highest BCUT2D eigenvalue weighted by atomic mass is 16.3. The summed E-state index contributed by atoms with van der Waals surface area (Å²) in [5.74, 6) is 0.196. The fraction of sp³-hybridized carbons (Fsp3) is 0.353. The van der Waals surface area contributed by atoms with Crippen LogP contribution in [0.2, 0.25) is 0 Å². The Balaban J connectivity index is 1.37. The van der Waals surface area contributed by atoms with Crippen molar-refractivity contribution in [3.63, 3.8) is 0 Å². The van der Waals surface area contributed by atoms with Gasteiger partial charge in [-0.25, -0.2) is 9.50 Å². The molecule has 0 aliphatic carbocycles. The van der Waals surface area contributed by atoms with Gasteiger partial charge in [0.2, 0.25) is 5.89 Å². The number of carbonyl (C=O) groups is 1. The van der Waals surface area contributed by atoms with Crippen LogP contribution in [0.15, 0.2) is 41.3 Å². The predicted molar refractivity (Wildman–Crippen MR) is 88.8 cm³/mol. The summed E-state index contributed by atoms with van der Waals surface area (Å²) in [6.07, 6.45) is 5.44. The summed E-state index contributed by atoms with van der Waals surface area (Å²) >= 11 is 0. The summed E-state index contributed by atoms with van der Waals surface area (Å²) in [4.78, 5) is 18.6. The van der Waals surface area contributed by atoms with Gasteiger partial charge >= 0.3 is 0 Å². The van der Waals surface area contributed by atoms with E-state index >= 15 is 0 Å². The number of amides is 1. The summed E-state index contributed by atoms with van der Waals surface area (Å²) in [5.41, 5.74) is 2.14. The summed E-state index contributed by atoms with van der Waals surface area (Å²) in [7, 11) is 0. The van der Waals surface area contributed by atoms with E-state index in [-0.39, 0.29) is 17.7 Å². The van der Waals surface area contributed by atoms with E-state index in [0.29, 0.717) is 25.5 Å². The van der Waals surface area contributed by atoms with E-state index < -0.39 is 0 Å². The fourth-order valence-corrected chi connectivity index (χ4v) is 3.02. The lowest BCUT2D eigenvalue weighted by atomic mass is 10.2. The fourth-order valence-electron chi connectivity index (χ4n) is 3.02. The summed E-state index contributed by atoms with van der Waals surface area (Å²) in [6.45, 7) is 2.28. The van der Waals surface area contributed by atoms with Crippen LogP contribution in [0.3, 0.4) is 0 Å². The molecule has 8 heteroatoms. The number of β-amino-alcohol motifs (C(OH)–C–C–N with tert-alkyl or cyclic N) is 1. The van der Waals surface area contributed by atoms with Gasteiger partial charge in [-0.1, -0.05) is 6.07 Å². The van der Waals surface area contributed by atoms with Gasteiger partial charge in [0.1, 0.15) is 6.26 Å². The van der Waals surface area contributed by atoms with Crippen molar-refractivity contribution in [2.24, 2.45) is 0 Å². The minimum absolute atomic E-state index is 0.256. The van der Waals surface area contributed by atoms with E-state index in [9.17, 15) is 9.90 Å². The number of pyridine rings is 1. The van der Waals surface area contributed by atoms with E-state index in [0.717, 1.165) is 24.0 Å². The van der Waals surface area contributed by atoms with Gasteiger partial charge in [-0.05, 0) is 18.6 Å². The molecule has 130 valence electrons. The Hall–Kier alpha value is -2.71. The van der Waals surface area contributed by atoms with Crippen LogP contribution in [-0.2, 0) is 13.1 Å². The van der Waals surface area contributed by atoms with E-state index in [1.54, 1.807) is 10.7 Å². The van der Waals surface area contributed by atoms with Gasteiger partial charge in [0.15, 0.2) is 5.69 Å². The van der Waals surface area contributed by atoms with Crippen molar-refractivity contribution >= 4 is 11.4 Å². The van der Waals surface area contributed by atoms with Gasteiger partial charge in [-0.15, -0.1) is 0 Å². The van der Waals surface area contributed by atoms with Crippen molar-refractivity contribution < 1.29 is 14.3 Å². The highest BCUT2D eigenvalue weighted by molar-refractivity contribution is 5.91. The third kappa shape index (κ3) is 3.40. The van der Waals surface area contributed by atoms with Crippen LogP contribution in [0, 0.1) is 0 Å². The van der Waals surface area contributed by atoms with Crippen molar-refractivity contribution in [1.82, 2.24) is 24.8 Å². The molecule has 3 aromatic rings. The standard InChI is InChI=1S/C17H19N5O3/c23-13-4-6-21(9-13)10-16-20-14(11-25-16)17(24)18-7-12-8-19-22-5-2-1-3-15(12)22/h1-3,5,8,11,13,23H,4,6-7,9-10H2,(H,18,24). The normalized spacial score (nSPS) is 18.0. The number of nitrogens with one attached hydrogen (secondary N) is 1. The van der Waals surface area contributed by atoms with E-state index in [1.165, 1.54) is 6.26 Å². The number of hydrogen-bond acceptors (Lipinski definition) is 6. The Labute approximate surface area is 144 Å². The van der Waals surface area contributed by atoms with Gasteiger partial charge in [0.05, 0.1) is 24.4 Å². The molecule has 0 spiro atoms. The van der Waals surface area contributed by atoms with Crippen LogP contribution in [0.1, 0.15) is 28.4 Å². The summed E-state index contributed by atoms with van der Waals surface area (Å²) in [6, 6.07) is 5.79.